The maximum Gasteiger partial charge on any atom is 0.416 e. The molecule has 1 aliphatic heterocycles. The summed E-state index contributed by atoms with van der Waals surface area (Å²) >= 11 is 5.83. The SMILES string of the molecule is O=S(=O)(c1ccc(Cl)cc1)N1CCCN(Cc2ccc(C(F)(F)F)cc2)CC1. The van der Waals surface area contributed by atoms with Crippen molar-refractivity contribution in [2.24, 2.45) is 0 Å². The van der Waals surface area contributed by atoms with Crippen LogP contribution in [0.5, 0.6) is 0 Å². The third kappa shape index (κ3) is 5.05. The van der Waals surface area contributed by atoms with Gasteiger partial charge in [-0.2, -0.15) is 17.5 Å². The first-order valence-corrected chi connectivity index (χ1v) is 10.6. The lowest BCUT2D eigenvalue weighted by Gasteiger charge is -2.22. The van der Waals surface area contributed by atoms with Crippen LogP contribution in [0.2, 0.25) is 5.02 Å². The van der Waals surface area contributed by atoms with E-state index < -0.39 is 21.8 Å². The third-order valence-corrected chi connectivity index (χ3v) is 6.85. The summed E-state index contributed by atoms with van der Waals surface area (Å²) < 4.78 is 65.1. The molecule has 1 fully saturated rings. The van der Waals surface area contributed by atoms with E-state index in [9.17, 15) is 21.6 Å². The lowest BCUT2D eigenvalue weighted by Crippen LogP contribution is -2.35. The van der Waals surface area contributed by atoms with Gasteiger partial charge in [-0.1, -0.05) is 23.7 Å². The minimum absolute atomic E-state index is 0.202. The zero-order valence-corrected chi connectivity index (χ0v) is 16.6. The molecule has 0 unspecified atom stereocenters. The van der Waals surface area contributed by atoms with Crippen molar-refractivity contribution < 1.29 is 21.6 Å². The molecule has 9 heteroatoms. The zero-order valence-electron chi connectivity index (χ0n) is 15.0. The number of nitrogens with zero attached hydrogens (tertiary/aromatic N) is 2. The second-order valence-corrected chi connectivity index (χ2v) is 9.06. The van der Waals surface area contributed by atoms with Crippen LogP contribution >= 0.6 is 11.6 Å². The van der Waals surface area contributed by atoms with Crippen molar-refractivity contribution >= 4 is 21.6 Å². The van der Waals surface area contributed by atoms with Crippen LogP contribution in [0.15, 0.2) is 53.4 Å². The van der Waals surface area contributed by atoms with Gasteiger partial charge in [0.2, 0.25) is 10.0 Å². The molecule has 2 aromatic rings. The van der Waals surface area contributed by atoms with Gasteiger partial charge in [-0.05, 0) is 54.9 Å². The van der Waals surface area contributed by atoms with Crippen molar-refractivity contribution in [3.8, 4) is 0 Å². The molecule has 28 heavy (non-hydrogen) atoms. The fourth-order valence-electron chi connectivity index (χ4n) is 3.16. The number of hydrogen-bond donors (Lipinski definition) is 0. The fourth-order valence-corrected chi connectivity index (χ4v) is 4.75. The molecule has 0 spiro atoms. The van der Waals surface area contributed by atoms with Gasteiger partial charge >= 0.3 is 6.18 Å². The van der Waals surface area contributed by atoms with E-state index in [-0.39, 0.29) is 4.90 Å². The summed E-state index contributed by atoms with van der Waals surface area (Å²) in [5.74, 6) is 0. The minimum Gasteiger partial charge on any atom is -0.298 e. The van der Waals surface area contributed by atoms with E-state index in [4.69, 9.17) is 11.6 Å². The highest BCUT2D eigenvalue weighted by Gasteiger charge is 2.30. The Labute approximate surface area is 167 Å². The molecule has 0 aliphatic carbocycles. The van der Waals surface area contributed by atoms with Gasteiger partial charge in [0.25, 0.3) is 0 Å². The summed E-state index contributed by atoms with van der Waals surface area (Å²) in [6.45, 7) is 2.38. The number of hydrogen-bond acceptors (Lipinski definition) is 3. The molecule has 0 amide bonds. The van der Waals surface area contributed by atoms with E-state index in [1.165, 1.54) is 28.6 Å². The molecule has 0 atom stereocenters. The first kappa shape index (κ1) is 21.1. The van der Waals surface area contributed by atoms with Gasteiger partial charge in [-0.15, -0.1) is 0 Å². The molecule has 0 radical (unpaired) electrons. The number of sulfonamides is 1. The van der Waals surface area contributed by atoms with E-state index in [0.717, 1.165) is 17.7 Å². The van der Waals surface area contributed by atoms with Gasteiger partial charge in [0.15, 0.2) is 0 Å². The van der Waals surface area contributed by atoms with E-state index in [2.05, 4.69) is 4.90 Å². The van der Waals surface area contributed by atoms with Crippen LogP contribution in [0.1, 0.15) is 17.5 Å². The van der Waals surface area contributed by atoms with Crippen LogP contribution in [0.4, 0.5) is 13.2 Å². The summed E-state index contributed by atoms with van der Waals surface area (Å²) in [5.41, 5.74) is 0.0920. The van der Waals surface area contributed by atoms with Gasteiger partial charge in [-0.25, -0.2) is 8.42 Å². The van der Waals surface area contributed by atoms with Crippen molar-refractivity contribution in [1.29, 1.82) is 0 Å². The maximum atomic E-state index is 12.8. The summed E-state index contributed by atoms with van der Waals surface area (Å²) in [5, 5.41) is 0.470. The molecule has 3 rings (SSSR count). The highest BCUT2D eigenvalue weighted by atomic mass is 35.5. The topological polar surface area (TPSA) is 40.6 Å². The van der Waals surface area contributed by atoms with E-state index in [1.54, 1.807) is 12.1 Å². The Kier molecular flexibility index (Phi) is 6.34. The Balaban J connectivity index is 1.64. The predicted octanol–water partition coefficient (Wildman–Crippen LogP) is 4.26. The van der Waals surface area contributed by atoms with Crippen molar-refractivity contribution in [3.05, 3.63) is 64.7 Å². The molecule has 2 aromatic carbocycles. The Bertz CT molecular complexity index is 900. The predicted molar refractivity (Wildman–Crippen MR) is 102 cm³/mol. The lowest BCUT2D eigenvalue weighted by atomic mass is 10.1. The second kappa shape index (κ2) is 8.41. The maximum absolute atomic E-state index is 12.8. The van der Waals surface area contributed by atoms with Crippen LogP contribution < -0.4 is 0 Å². The first-order chi connectivity index (χ1) is 13.2. The summed E-state index contributed by atoms with van der Waals surface area (Å²) in [6.07, 6.45) is -3.70. The Morgan fingerprint density at radius 2 is 1.54 bits per heavy atom. The van der Waals surface area contributed by atoms with Gasteiger partial charge in [-0.3, -0.25) is 4.90 Å². The van der Waals surface area contributed by atoms with Crippen molar-refractivity contribution in [2.75, 3.05) is 26.2 Å². The normalized spacial score (nSPS) is 17.4. The number of halogens is 4. The van der Waals surface area contributed by atoms with E-state index in [1.807, 2.05) is 0 Å². The van der Waals surface area contributed by atoms with Gasteiger partial charge in [0.1, 0.15) is 0 Å². The first-order valence-electron chi connectivity index (χ1n) is 8.80. The minimum atomic E-state index is -4.35. The molecule has 4 nitrogen and oxygen atoms in total. The largest absolute Gasteiger partial charge is 0.416 e. The van der Waals surface area contributed by atoms with Crippen molar-refractivity contribution in [1.82, 2.24) is 9.21 Å². The van der Waals surface area contributed by atoms with Gasteiger partial charge in [0, 0.05) is 31.2 Å². The molecule has 0 bridgehead atoms. The van der Waals surface area contributed by atoms with Gasteiger partial charge in [0.05, 0.1) is 10.5 Å². The van der Waals surface area contributed by atoms with E-state index >= 15 is 0 Å². The quantitative estimate of drug-likeness (QED) is 0.725. The van der Waals surface area contributed by atoms with E-state index in [0.29, 0.717) is 44.2 Å². The molecule has 1 saturated heterocycles. The molecule has 0 saturated carbocycles. The average Bonchev–Trinajstić information content (AvgIpc) is 2.88. The molecule has 0 N–H and O–H groups in total. The highest BCUT2D eigenvalue weighted by Crippen LogP contribution is 2.29. The van der Waals surface area contributed by atoms with Crippen molar-refractivity contribution in [3.63, 3.8) is 0 Å². The molecule has 1 aliphatic rings. The van der Waals surface area contributed by atoms with Crippen molar-refractivity contribution in [2.45, 2.75) is 24.0 Å². The lowest BCUT2D eigenvalue weighted by molar-refractivity contribution is -0.137. The number of alkyl halides is 3. The monoisotopic (exact) mass is 432 g/mol. The Hall–Kier alpha value is -1.61. The number of benzene rings is 2. The molecule has 152 valence electrons. The van der Waals surface area contributed by atoms with Crippen LogP contribution in [0.25, 0.3) is 0 Å². The fraction of sp³-hybridized carbons (Fsp3) is 0.368. The van der Waals surface area contributed by atoms with Gasteiger partial charge < -0.3 is 0 Å². The zero-order chi connectivity index (χ0) is 20.4. The van der Waals surface area contributed by atoms with Crippen LogP contribution in [0.3, 0.4) is 0 Å². The van der Waals surface area contributed by atoms with Crippen LogP contribution in [-0.2, 0) is 22.7 Å². The number of rotatable bonds is 4. The van der Waals surface area contributed by atoms with Crippen LogP contribution in [0, 0.1) is 0 Å². The van der Waals surface area contributed by atoms with Crippen LogP contribution in [-0.4, -0.2) is 43.8 Å². The second-order valence-electron chi connectivity index (χ2n) is 6.68. The third-order valence-electron chi connectivity index (χ3n) is 4.69. The molecular formula is C19H20ClF3N2O2S. The molecular weight excluding hydrogens is 413 g/mol. The standard InChI is InChI=1S/C19H20ClF3N2O2S/c20-17-6-8-18(9-7-17)28(26,27)25-11-1-10-24(12-13-25)14-15-2-4-16(5-3-15)19(21,22)23/h2-9H,1,10-14H2. The summed E-state index contributed by atoms with van der Waals surface area (Å²) in [7, 11) is -3.60. The summed E-state index contributed by atoms with van der Waals surface area (Å²) in [6, 6.07) is 11.2. The Morgan fingerprint density at radius 1 is 0.893 bits per heavy atom. The molecule has 0 aromatic heterocycles. The average molecular weight is 433 g/mol. The Morgan fingerprint density at radius 3 is 2.14 bits per heavy atom. The molecule has 1 heterocycles. The highest BCUT2D eigenvalue weighted by molar-refractivity contribution is 7.89. The smallest absolute Gasteiger partial charge is 0.298 e. The summed E-state index contributed by atoms with van der Waals surface area (Å²) in [4.78, 5) is 2.26.